The van der Waals surface area contributed by atoms with E-state index in [4.69, 9.17) is 14.4 Å². The van der Waals surface area contributed by atoms with Crippen molar-refractivity contribution in [3.8, 4) is 0 Å². The Bertz CT molecular complexity index is 577. The highest BCUT2D eigenvalue weighted by Crippen LogP contribution is 2.56. The van der Waals surface area contributed by atoms with Crippen molar-refractivity contribution in [3.05, 3.63) is 46.0 Å². The molecule has 0 bridgehead atoms. The van der Waals surface area contributed by atoms with E-state index in [1.165, 1.54) is 13.2 Å². The van der Waals surface area contributed by atoms with Crippen LogP contribution in [0.3, 0.4) is 0 Å². The lowest BCUT2D eigenvalue weighted by Crippen LogP contribution is -2.61. The first-order valence-corrected chi connectivity index (χ1v) is 7.86. The van der Waals surface area contributed by atoms with Gasteiger partial charge in [0.25, 0.3) is 5.79 Å². The van der Waals surface area contributed by atoms with Gasteiger partial charge in [-0.1, -0.05) is 41.9 Å². The Morgan fingerprint density at radius 2 is 1.91 bits per heavy atom. The average molecular weight is 371 g/mol. The molecule has 0 aromatic heterocycles. The molecule has 1 unspecified atom stereocenters. The number of hydrogen-bond donors (Lipinski definition) is 1. The van der Waals surface area contributed by atoms with Crippen molar-refractivity contribution in [2.24, 2.45) is 0 Å². The molecule has 120 valence electrons. The third-order valence-corrected chi connectivity index (χ3v) is 4.67. The fourth-order valence-electron chi connectivity index (χ4n) is 2.82. The fraction of sp³-hybridized carbons (Fsp3) is 0.438. The predicted octanol–water partition coefficient (Wildman–Crippen LogP) is 3.78. The first-order chi connectivity index (χ1) is 10.5. The zero-order valence-electron chi connectivity index (χ0n) is 12.8. The van der Waals surface area contributed by atoms with Crippen LogP contribution in [0.25, 0.3) is 0 Å². The smallest absolute Gasteiger partial charge is 0.330 e. The van der Waals surface area contributed by atoms with Gasteiger partial charge in [-0.3, -0.25) is 0 Å². The van der Waals surface area contributed by atoms with Crippen molar-refractivity contribution in [1.29, 1.82) is 0 Å². The number of ether oxygens (including phenoxy) is 2. The summed E-state index contributed by atoms with van der Waals surface area (Å²) in [5, 5.41) is 9.51. The maximum absolute atomic E-state index is 11.7. The topological polar surface area (TPSA) is 65.0 Å². The number of esters is 1. The Morgan fingerprint density at radius 1 is 1.32 bits per heavy atom. The molecule has 0 aliphatic carbocycles. The van der Waals surface area contributed by atoms with Crippen LogP contribution in [0, 0.1) is 0 Å². The van der Waals surface area contributed by atoms with Crippen molar-refractivity contribution < 1.29 is 24.4 Å². The molecule has 0 radical (unpaired) electrons. The lowest BCUT2D eigenvalue weighted by Gasteiger charge is -2.55. The molecule has 1 aromatic carbocycles. The van der Waals surface area contributed by atoms with Gasteiger partial charge in [0.05, 0.1) is 12.7 Å². The van der Waals surface area contributed by atoms with Gasteiger partial charge in [-0.05, 0) is 25.0 Å². The van der Waals surface area contributed by atoms with Gasteiger partial charge in [-0.2, -0.15) is 4.89 Å². The highest BCUT2D eigenvalue weighted by atomic mass is 79.9. The second-order valence-corrected chi connectivity index (χ2v) is 6.02. The Morgan fingerprint density at radius 3 is 2.36 bits per heavy atom. The van der Waals surface area contributed by atoms with E-state index in [-0.39, 0.29) is 0 Å². The summed E-state index contributed by atoms with van der Waals surface area (Å²) in [4.78, 5) is 16.4. The van der Waals surface area contributed by atoms with E-state index >= 15 is 0 Å². The molecule has 1 aromatic rings. The van der Waals surface area contributed by atoms with Crippen molar-refractivity contribution in [3.63, 3.8) is 0 Å². The lowest BCUT2D eigenvalue weighted by molar-refractivity contribution is -0.458. The monoisotopic (exact) mass is 370 g/mol. The molecule has 1 aliphatic rings. The van der Waals surface area contributed by atoms with Gasteiger partial charge in [-0.25, -0.2) is 10.1 Å². The fourth-order valence-corrected chi connectivity index (χ4v) is 3.09. The Kier molecular flexibility index (Phi) is 5.07. The quantitative estimate of drug-likeness (QED) is 0.369. The van der Waals surface area contributed by atoms with Gasteiger partial charge in [0.1, 0.15) is 0 Å². The minimum absolute atomic E-state index is 0.511. The number of rotatable bonds is 5. The number of benzene rings is 1. The molecule has 2 rings (SSSR count). The molecule has 1 fully saturated rings. The predicted molar refractivity (Wildman–Crippen MR) is 84.0 cm³/mol. The Hall–Kier alpha value is -1.21. The largest absolute Gasteiger partial charge is 0.466 e. The van der Waals surface area contributed by atoms with E-state index in [1.54, 1.807) is 12.1 Å². The summed E-state index contributed by atoms with van der Waals surface area (Å²) >= 11 is 3.36. The number of hydrogen-bond acceptors (Lipinski definition) is 5. The van der Waals surface area contributed by atoms with Crippen molar-refractivity contribution in [1.82, 2.24) is 0 Å². The highest BCUT2D eigenvalue weighted by Gasteiger charge is 2.62. The molecule has 1 aliphatic heterocycles. The van der Waals surface area contributed by atoms with Crippen LogP contribution in [0.15, 0.2) is 40.4 Å². The molecule has 5 nitrogen and oxygen atoms in total. The van der Waals surface area contributed by atoms with E-state index < -0.39 is 17.4 Å². The molecule has 6 heteroatoms. The Labute approximate surface area is 137 Å². The van der Waals surface area contributed by atoms with E-state index in [2.05, 4.69) is 15.9 Å². The second-order valence-electron chi connectivity index (χ2n) is 5.10. The summed E-state index contributed by atoms with van der Waals surface area (Å²) in [6.45, 7) is 3.91. The SMILES string of the molecule is CCC1(CC)OC(OO)(c2ccc(Br)cc2)/C1=C/C(=O)OC. The van der Waals surface area contributed by atoms with Crippen LogP contribution in [0.2, 0.25) is 0 Å². The third-order valence-electron chi connectivity index (χ3n) is 4.14. The first-order valence-electron chi connectivity index (χ1n) is 7.07. The molecular formula is C16H19BrO5. The molecule has 1 N–H and O–H groups in total. The molecule has 0 amide bonds. The molecule has 1 saturated heterocycles. The van der Waals surface area contributed by atoms with Crippen LogP contribution in [-0.2, 0) is 24.9 Å². The van der Waals surface area contributed by atoms with E-state index in [0.717, 1.165) is 4.47 Å². The lowest BCUT2D eigenvalue weighted by atomic mass is 9.73. The van der Waals surface area contributed by atoms with Crippen LogP contribution < -0.4 is 0 Å². The van der Waals surface area contributed by atoms with Crippen molar-refractivity contribution in [2.75, 3.05) is 7.11 Å². The molecule has 22 heavy (non-hydrogen) atoms. The van der Waals surface area contributed by atoms with Crippen LogP contribution in [0.5, 0.6) is 0 Å². The molecule has 1 heterocycles. The standard InChI is InChI=1S/C16H19BrO5/c1-4-15(5-2)13(10-14(18)20-3)16(21-15,22-19)11-6-8-12(17)9-7-11/h6-10,19H,4-5H2,1-3H3/b13-10+. The summed E-state index contributed by atoms with van der Waals surface area (Å²) in [5.41, 5.74) is 0.511. The number of carbonyl (C=O) groups is 1. The summed E-state index contributed by atoms with van der Waals surface area (Å²) in [6, 6.07) is 7.15. The minimum Gasteiger partial charge on any atom is -0.466 e. The summed E-state index contributed by atoms with van der Waals surface area (Å²) < 4.78 is 11.6. The summed E-state index contributed by atoms with van der Waals surface area (Å²) in [6.07, 6.45) is 2.64. The number of methoxy groups -OCH3 is 1. The van der Waals surface area contributed by atoms with Crippen LogP contribution in [0.4, 0.5) is 0 Å². The van der Waals surface area contributed by atoms with Crippen LogP contribution >= 0.6 is 15.9 Å². The van der Waals surface area contributed by atoms with Crippen molar-refractivity contribution >= 4 is 21.9 Å². The second kappa shape index (κ2) is 6.50. The van der Waals surface area contributed by atoms with Crippen LogP contribution in [0.1, 0.15) is 32.3 Å². The zero-order chi connectivity index (χ0) is 16.4. The van der Waals surface area contributed by atoms with E-state index in [1.807, 2.05) is 26.0 Å². The summed E-state index contributed by atoms with van der Waals surface area (Å²) in [7, 11) is 1.31. The van der Waals surface area contributed by atoms with Gasteiger partial charge >= 0.3 is 5.97 Å². The number of carbonyl (C=O) groups excluding carboxylic acids is 1. The minimum atomic E-state index is -1.47. The van der Waals surface area contributed by atoms with Gasteiger partial charge in [0.2, 0.25) is 0 Å². The van der Waals surface area contributed by atoms with Gasteiger partial charge in [0, 0.05) is 21.7 Å². The van der Waals surface area contributed by atoms with Crippen LogP contribution in [-0.4, -0.2) is 23.9 Å². The van der Waals surface area contributed by atoms with Gasteiger partial charge in [0.15, 0.2) is 0 Å². The highest BCUT2D eigenvalue weighted by molar-refractivity contribution is 9.10. The number of halogens is 1. The third kappa shape index (κ3) is 2.60. The maximum atomic E-state index is 11.7. The van der Waals surface area contributed by atoms with E-state index in [9.17, 15) is 10.1 Å². The Balaban J connectivity index is 2.53. The molecule has 0 saturated carbocycles. The van der Waals surface area contributed by atoms with Crippen molar-refractivity contribution in [2.45, 2.75) is 38.1 Å². The first kappa shape index (κ1) is 17.1. The maximum Gasteiger partial charge on any atom is 0.330 e. The summed E-state index contributed by atoms with van der Waals surface area (Å²) in [5.74, 6) is -1.98. The van der Waals surface area contributed by atoms with Gasteiger partial charge < -0.3 is 9.47 Å². The molecule has 0 spiro atoms. The normalized spacial score (nSPS) is 24.9. The molecular weight excluding hydrogens is 352 g/mol. The zero-order valence-corrected chi connectivity index (χ0v) is 14.3. The van der Waals surface area contributed by atoms with Gasteiger partial charge in [-0.15, -0.1) is 0 Å². The van der Waals surface area contributed by atoms with E-state index in [0.29, 0.717) is 24.0 Å². The molecule has 1 atom stereocenters. The average Bonchev–Trinajstić information content (AvgIpc) is 2.54.